The van der Waals surface area contributed by atoms with Crippen molar-refractivity contribution in [1.82, 2.24) is 15.5 Å². The van der Waals surface area contributed by atoms with Crippen LogP contribution in [0.5, 0.6) is 0 Å². The Hall–Kier alpha value is -0.750. The van der Waals surface area contributed by atoms with Crippen molar-refractivity contribution in [3.63, 3.8) is 0 Å². The topological polar surface area (TPSA) is 61.4 Å². The number of carbonyl (C=O) groups is 2. The van der Waals surface area contributed by atoms with Gasteiger partial charge < -0.3 is 15.5 Å². The summed E-state index contributed by atoms with van der Waals surface area (Å²) < 4.78 is 0. The number of carbonyl (C=O) groups excluding carboxylic acids is 2. The van der Waals surface area contributed by atoms with Crippen molar-refractivity contribution >= 4 is 23.6 Å². The molecule has 5 nitrogen and oxygen atoms in total. The van der Waals surface area contributed by atoms with Gasteiger partial charge in [-0.05, 0) is 38.0 Å². The first-order chi connectivity index (χ1) is 9.34. The summed E-state index contributed by atoms with van der Waals surface area (Å²) in [7, 11) is 1.74. The molecule has 2 fully saturated rings. The molecule has 2 amide bonds. The molecule has 2 aliphatic heterocycles. The minimum atomic E-state index is -0.371. The van der Waals surface area contributed by atoms with Crippen molar-refractivity contribution in [3.05, 3.63) is 0 Å². The van der Waals surface area contributed by atoms with Crippen LogP contribution in [-0.2, 0) is 9.59 Å². The summed E-state index contributed by atoms with van der Waals surface area (Å²) >= 11 is 1.84. The fourth-order valence-corrected chi connectivity index (χ4v) is 4.36. The third-order valence-electron chi connectivity index (χ3n) is 4.11. The van der Waals surface area contributed by atoms with Crippen LogP contribution in [0, 0.1) is 5.41 Å². The zero-order chi connectivity index (χ0) is 14.9. The molecule has 0 aromatic carbocycles. The number of likely N-dealkylation sites (N-methyl/N-ethyl adjacent to an activating group) is 1. The van der Waals surface area contributed by atoms with Crippen LogP contribution < -0.4 is 10.6 Å². The first-order valence-corrected chi connectivity index (χ1v) is 8.29. The van der Waals surface area contributed by atoms with Gasteiger partial charge >= 0.3 is 0 Å². The van der Waals surface area contributed by atoms with Gasteiger partial charge in [-0.25, -0.2) is 0 Å². The SMILES string of the molecule is CN[C@@H](C)C(=O)N[C@@H]1CCS[C@H]2CC(C)(C)CN2C1=O. The number of nitrogens with zero attached hydrogens (tertiary/aromatic N) is 1. The summed E-state index contributed by atoms with van der Waals surface area (Å²) in [4.78, 5) is 26.6. The quantitative estimate of drug-likeness (QED) is 0.809. The third-order valence-corrected chi connectivity index (χ3v) is 5.39. The van der Waals surface area contributed by atoms with Crippen LogP contribution in [0.15, 0.2) is 0 Å². The van der Waals surface area contributed by atoms with E-state index in [1.165, 1.54) is 0 Å². The second kappa shape index (κ2) is 5.93. The van der Waals surface area contributed by atoms with E-state index in [0.717, 1.165) is 25.1 Å². The molecule has 3 atom stereocenters. The third kappa shape index (κ3) is 3.28. The highest BCUT2D eigenvalue weighted by Gasteiger charge is 2.44. The molecule has 2 saturated heterocycles. The molecule has 0 bridgehead atoms. The average molecular weight is 299 g/mol. The first-order valence-electron chi connectivity index (χ1n) is 7.24. The Balaban J connectivity index is 2.05. The van der Waals surface area contributed by atoms with Gasteiger partial charge in [-0.1, -0.05) is 13.8 Å². The van der Waals surface area contributed by atoms with Crippen molar-refractivity contribution in [3.8, 4) is 0 Å². The van der Waals surface area contributed by atoms with E-state index < -0.39 is 0 Å². The Morgan fingerprint density at radius 3 is 2.85 bits per heavy atom. The Kier molecular flexibility index (Phi) is 4.64. The Morgan fingerprint density at radius 2 is 2.20 bits per heavy atom. The fraction of sp³-hybridized carbons (Fsp3) is 0.857. The predicted molar refractivity (Wildman–Crippen MR) is 81.4 cm³/mol. The van der Waals surface area contributed by atoms with E-state index in [-0.39, 0.29) is 34.7 Å². The van der Waals surface area contributed by atoms with E-state index in [1.54, 1.807) is 14.0 Å². The lowest BCUT2D eigenvalue weighted by Gasteiger charge is -2.26. The highest BCUT2D eigenvalue weighted by Crippen LogP contribution is 2.41. The summed E-state index contributed by atoms with van der Waals surface area (Å²) in [6.45, 7) is 6.99. The number of thioether (sulfide) groups is 1. The minimum absolute atomic E-state index is 0.0854. The minimum Gasteiger partial charge on any atom is -0.343 e. The van der Waals surface area contributed by atoms with Crippen molar-refractivity contribution in [1.29, 1.82) is 0 Å². The van der Waals surface area contributed by atoms with Crippen LogP contribution in [0.2, 0.25) is 0 Å². The number of rotatable bonds is 3. The second-order valence-corrected chi connectivity index (χ2v) is 7.81. The molecule has 2 aliphatic rings. The van der Waals surface area contributed by atoms with Crippen molar-refractivity contribution in [2.75, 3.05) is 19.3 Å². The largest absolute Gasteiger partial charge is 0.343 e. The Bertz CT molecular complexity index is 400. The molecule has 2 N–H and O–H groups in total. The molecule has 0 aliphatic carbocycles. The van der Waals surface area contributed by atoms with Crippen LogP contribution in [0.3, 0.4) is 0 Å². The summed E-state index contributed by atoms with van der Waals surface area (Å²) in [6, 6.07) is -0.644. The van der Waals surface area contributed by atoms with Crippen molar-refractivity contribution in [2.45, 2.75) is 51.1 Å². The first kappa shape index (κ1) is 15.6. The standard InChI is InChI=1S/C14H25N3O2S/c1-9(15-4)12(18)16-10-5-6-20-11-7-14(2,3)8-17(11)13(10)19/h9-11,15H,5-8H2,1-4H3,(H,16,18)/t9-,10+,11-/m0/s1. The maximum absolute atomic E-state index is 12.6. The van der Waals surface area contributed by atoms with Crippen LogP contribution in [0.1, 0.15) is 33.6 Å². The number of nitrogens with one attached hydrogen (secondary N) is 2. The molecule has 0 spiro atoms. The van der Waals surface area contributed by atoms with Gasteiger partial charge in [0.1, 0.15) is 6.04 Å². The lowest BCUT2D eigenvalue weighted by Crippen LogP contribution is -2.52. The van der Waals surface area contributed by atoms with Crippen LogP contribution >= 0.6 is 11.8 Å². The Morgan fingerprint density at radius 1 is 1.50 bits per heavy atom. The van der Waals surface area contributed by atoms with E-state index in [0.29, 0.717) is 0 Å². The van der Waals surface area contributed by atoms with Crippen LogP contribution in [0.25, 0.3) is 0 Å². The van der Waals surface area contributed by atoms with Gasteiger partial charge in [-0.3, -0.25) is 9.59 Å². The smallest absolute Gasteiger partial charge is 0.246 e. The van der Waals surface area contributed by atoms with Gasteiger partial charge in [0.05, 0.1) is 11.4 Å². The molecule has 2 rings (SSSR count). The summed E-state index contributed by atoms with van der Waals surface area (Å²) in [5.41, 5.74) is 0.178. The zero-order valence-corrected chi connectivity index (χ0v) is 13.5. The normalized spacial score (nSPS) is 30.6. The van der Waals surface area contributed by atoms with Gasteiger partial charge in [-0.2, -0.15) is 0 Å². The highest BCUT2D eigenvalue weighted by atomic mass is 32.2. The summed E-state index contributed by atoms with van der Waals surface area (Å²) in [5.74, 6) is 0.900. The lowest BCUT2D eigenvalue weighted by molar-refractivity contribution is -0.136. The molecule has 20 heavy (non-hydrogen) atoms. The Labute approximate surface area is 125 Å². The molecule has 0 radical (unpaired) electrons. The zero-order valence-electron chi connectivity index (χ0n) is 12.7. The predicted octanol–water partition coefficient (Wildman–Crippen LogP) is 0.801. The molecular formula is C14H25N3O2S. The molecule has 0 aromatic rings. The van der Waals surface area contributed by atoms with Crippen molar-refractivity contribution < 1.29 is 9.59 Å². The molecule has 0 saturated carbocycles. The van der Waals surface area contributed by atoms with E-state index >= 15 is 0 Å². The average Bonchev–Trinajstić information content (AvgIpc) is 2.63. The fourth-order valence-electron chi connectivity index (χ4n) is 2.79. The molecule has 0 unspecified atom stereocenters. The number of fused-ring (bicyclic) bond motifs is 1. The number of amides is 2. The van der Waals surface area contributed by atoms with Gasteiger partial charge in [0.15, 0.2) is 0 Å². The molecular weight excluding hydrogens is 274 g/mol. The molecule has 114 valence electrons. The van der Waals surface area contributed by atoms with E-state index in [9.17, 15) is 9.59 Å². The summed E-state index contributed by atoms with van der Waals surface area (Å²) in [6.07, 6.45) is 1.76. The highest BCUT2D eigenvalue weighted by molar-refractivity contribution is 7.99. The van der Waals surface area contributed by atoms with Gasteiger partial charge in [-0.15, -0.1) is 11.8 Å². The van der Waals surface area contributed by atoms with Gasteiger partial charge in [0.25, 0.3) is 0 Å². The maximum atomic E-state index is 12.6. The number of hydrogen-bond donors (Lipinski definition) is 2. The number of hydrogen-bond acceptors (Lipinski definition) is 4. The van der Waals surface area contributed by atoms with E-state index in [4.69, 9.17) is 0 Å². The monoisotopic (exact) mass is 299 g/mol. The van der Waals surface area contributed by atoms with E-state index in [1.807, 2.05) is 16.7 Å². The van der Waals surface area contributed by atoms with Gasteiger partial charge in [0.2, 0.25) is 11.8 Å². The van der Waals surface area contributed by atoms with Crippen LogP contribution in [-0.4, -0.2) is 53.5 Å². The molecule has 6 heteroatoms. The lowest BCUT2D eigenvalue weighted by atomic mass is 9.93. The summed E-state index contributed by atoms with van der Waals surface area (Å²) in [5, 5.41) is 6.07. The van der Waals surface area contributed by atoms with Crippen LogP contribution in [0.4, 0.5) is 0 Å². The molecule has 0 aromatic heterocycles. The van der Waals surface area contributed by atoms with Gasteiger partial charge in [0, 0.05) is 6.54 Å². The maximum Gasteiger partial charge on any atom is 0.246 e. The molecule has 2 heterocycles. The van der Waals surface area contributed by atoms with Crippen molar-refractivity contribution in [2.24, 2.45) is 5.41 Å². The second-order valence-electron chi connectivity index (χ2n) is 6.52. The van der Waals surface area contributed by atoms with E-state index in [2.05, 4.69) is 24.5 Å².